The summed E-state index contributed by atoms with van der Waals surface area (Å²) in [6.45, 7) is 5.33. The first kappa shape index (κ1) is 16.6. The molecule has 0 bridgehead atoms. The number of hydrogen-bond acceptors (Lipinski definition) is 4. The van der Waals surface area contributed by atoms with Crippen LogP contribution >= 0.6 is 0 Å². The number of benzene rings is 1. The fourth-order valence-electron chi connectivity index (χ4n) is 2.27. The number of amides is 2. The van der Waals surface area contributed by atoms with Gasteiger partial charge in [-0.15, -0.1) is 0 Å². The standard InChI is InChI=1S/C15H20N2O4S/c1-4-11(3)16-22(20,21)8-7-17-14(18)12-6-5-10(2)9-13(12)15(17)19/h5-6,9,11,16H,4,7-8H2,1-3H3. The molecule has 0 spiro atoms. The maximum atomic E-state index is 12.2. The summed E-state index contributed by atoms with van der Waals surface area (Å²) in [5.74, 6) is -1.15. The van der Waals surface area contributed by atoms with Crippen molar-refractivity contribution < 1.29 is 18.0 Å². The number of carbonyl (C=O) groups is 2. The van der Waals surface area contributed by atoms with Crippen LogP contribution in [0.2, 0.25) is 0 Å². The van der Waals surface area contributed by atoms with Crippen LogP contribution < -0.4 is 4.72 Å². The van der Waals surface area contributed by atoms with Crippen molar-refractivity contribution in [2.24, 2.45) is 0 Å². The number of hydrogen-bond donors (Lipinski definition) is 1. The molecule has 1 aliphatic heterocycles. The third-order valence-electron chi connectivity index (χ3n) is 3.70. The number of imide groups is 1. The lowest BCUT2D eigenvalue weighted by Gasteiger charge is -2.16. The number of carbonyl (C=O) groups excluding carboxylic acids is 2. The van der Waals surface area contributed by atoms with Crippen molar-refractivity contribution >= 4 is 21.8 Å². The minimum atomic E-state index is -3.52. The molecule has 0 saturated carbocycles. The SMILES string of the molecule is CCC(C)NS(=O)(=O)CCN1C(=O)c2ccc(C)cc2C1=O. The molecule has 0 saturated heterocycles. The summed E-state index contributed by atoms with van der Waals surface area (Å²) in [6.07, 6.45) is 0.672. The van der Waals surface area contributed by atoms with Crippen LogP contribution in [0, 0.1) is 6.92 Å². The number of nitrogens with one attached hydrogen (secondary N) is 1. The molecule has 2 amide bonds. The molecule has 0 radical (unpaired) electrons. The second-order valence-electron chi connectivity index (χ2n) is 5.56. The van der Waals surface area contributed by atoms with E-state index in [0.29, 0.717) is 17.5 Å². The molecule has 0 fully saturated rings. The zero-order valence-electron chi connectivity index (χ0n) is 12.9. The number of rotatable bonds is 6. The first-order valence-corrected chi connectivity index (χ1v) is 8.87. The average Bonchev–Trinajstić information content (AvgIpc) is 2.68. The van der Waals surface area contributed by atoms with Crippen molar-refractivity contribution in [3.63, 3.8) is 0 Å². The fraction of sp³-hybridized carbons (Fsp3) is 0.467. The van der Waals surface area contributed by atoms with E-state index in [1.54, 1.807) is 25.1 Å². The quantitative estimate of drug-likeness (QED) is 0.800. The van der Waals surface area contributed by atoms with Crippen LogP contribution in [0.25, 0.3) is 0 Å². The first-order valence-electron chi connectivity index (χ1n) is 7.22. The predicted molar refractivity (Wildman–Crippen MR) is 83.2 cm³/mol. The molecule has 0 aliphatic carbocycles. The zero-order valence-corrected chi connectivity index (χ0v) is 13.7. The van der Waals surface area contributed by atoms with Crippen molar-refractivity contribution in [2.75, 3.05) is 12.3 Å². The van der Waals surface area contributed by atoms with E-state index >= 15 is 0 Å². The number of nitrogens with zero attached hydrogens (tertiary/aromatic N) is 1. The Kier molecular flexibility index (Phi) is 4.67. The van der Waals surface area contributed by atoms with Gasteiger partial charge in [-0.05, 0) is 32.4 Å². The Morgan fingerprint density at radius 3 is 2.45 bits per heavy atom. The van der Waals surface area contributed by atoms with E-state index in [1.165, 1.54) is 0 Å². The van der Waals surface area contributed by atoms with Crippen LogP contribution in [0.4, 0.5) is 0 Å². The molecular weight excluding hydrogens is 304 g/mol. The van der Waals surface area contributed by atoms with E-state index in [-0.39, 0.29) is 18.3 Å². The van der Waals surface area contributed by atoms with Crippen LogP contribution in [0.5, 0.6) is 0 Å². The lowest BCUT2D eigenvalue weighted by Crippen LogP contribution is -2.40. The Labute approximate surface area is 130 Å². The van der Waals surface area contributed by atoms with E-state index in [1.807, 2.05) is 13.8 Å². The van der Waals surface area contributed by atoms with E-state index in [0.717, 1.165) is 10.5 Å². The molecule has 1 unspecified atom stereocenters. The van der Waals surface area contributed by atoms with Gasteiger partial charge < -0.3 is 0 Å². The number of fused-ring (bicyclic) bond motifs is 1. The highest BCUT2D eigenvalue weighted by atomic mass is 32.2. The third-order valence-corrected chi connectivity index (χ3v) is 5.18. The Morgan fingerprint density at radius 2 is 1.82 bits per heavy atom. The fourth-order valence-corrected chi connectivity index (χ4v) is 3.59. The molecule has 1 aliphatic rings. The Bertz CT molecular complexity index is 712. The van der Waals surface area contributed by atoms with Gasteiger partial charge in [0.2, 0.25) is 10.0 Å². The summed E-state index contributed by atoms with van der Waals surface area (Å²) in [5, 5.41) is 0. The van der Waals surface area contributed by atoms with Crippen molar-refractivity contribution in [3.05, 3.63) is 34.9 Å². The molecule has 2 rings (SSSR count). The zero-order chi connectivity index (χ0) is 16.5. The second-order valence-corrected chi connectivity index (χ2v) is 7.43. The average molecular weight is 324 g/mol. The molecule has 0 aromatic heterocycles. The smallest absolute Gasteiger partial charge is 0.261 e. The van der Waals surface area contributed by atoms with Crippen molar-refractivity contribution in [2.45, 2.75) is 33.2 Å². The van der Waals surface area contributed by atoms with Crippen LogP contribution in [0.15, 0.2) is 18.2 Å². The van der Waals surface area contributed by atoms with Gasteiger partial charge in [-0.3, -0.25) is 14.5 Å². The van der Waals surface area contributed by atoms with Crippen molar-refractivity contribution in [1.82, 2.24) is 9.62 Å². The van der Waals surface area contributed by atoms with Crippen molar-refractivity contribution in [1.29, 1.82) is 0 Å². The van der Waals surface area contributed by atoms with E-state index in [4.69, 9.17) is 0 Å². The summed E-state index contributed by atoms with van der Waals surface area (Å²) in [6, 6.07) is 4.85. The van der Waals surface area contributed by atoms with Crippen LogP contribution in [-0.4, -0.2) is 43.5 Å². The predicted octanol–water partition coefficient (Wildman–Crippen LogP) is 1.31. The monoisotopic (exact) mass is 324 g/mol. The summed E-state index contributed by atoms with van der Waals surface area (Å²) in [7, 11) is -3.52. The van der Waals surface area contributed by atoms with Gasteiger partial charge in [0.25, 0.3) is 11.8 Å². The number of aryl methyl sites for hydroxylation is 1. The highest BCUT2D eigenvalue weighted by Crippen LogP contribution is 2.23. The first-order chi connectivity index (χ1) is 10.2. The van der Waals surface area contributed by atoms with Gasteiger partial charge >= 0.3 is 0 Å². The van der Waals surface area contributed by atoms with Crippen LogP contribution in [0.1, 0.15) is 46.5 Å². The molecule has 1 atom stereocenters. The largest absolute Gasteiger partial charge is 0.273 e. The second kappa shape index (κ2) is 6.18. The lowest BCUT2D eigenvalue weighted by atomic mass is 10.1. The molecule has 7 heteroatoms. The molecule has 1 aromatic carbocycles. The summed E-state index contributed by atoms with van der Waals surface area (Å²) in [4.78, 5) is 25.4. The van der Waals surface area contributed by atoms with Gasteiger partial charge in [0, 0.05) is 12.6 Å². The maximum Gasteiger partial charge on any atom is 0.261 e. The van der Waals surface area contributed by atoms with Gasteiger partial charge in [0.1, 0.15) is 0 Å². The van der Waals surface area contributed by atoms with Crippen LogP contribution in [0.3, 0.4) is 0 Å². The van der Waals surface area contributed by atoms with Gasteiger partial charge in [0.15, 0.2) is 0 Å². The molecule has 6 nitrogen and oxygen atoms in total. The Balaban J connectivity index is 2.10. The van der Waals surface area contributed by atoms with Gasteiger partial charge in [0.05, 0.1) is 16.9 Å². The summed E-state index contributed by atoms with van der Waals surface area (Å²) in [5.41, 5.74) is 1.56. The summed E-state index contributed by atoms with van der Waals surface area (Å²) >= 11 is 0. The number of sulfonamides is 1. The lowest BCUT2D eigenvalue weighted by molar-refractivity contribution is 0.0664. The third kappa shape index (κ3) is 3.36. The van der Waals surface area contributed by atoms with Gasteiger partial charge in [-0.2, -0.15) is 0 Å². The van der Waals surface area contributed by atoms with E-state index in [2.05, 4.69) is 4.72 Å². The van der Waals surface area contributed by atoms with Crippen LogP contribution in [-0.2, 0) is 10.0 Å². The minimum Gasteiger partial charge on any atom is -0.273 e. The summed E-state index contributed by atoms with van der Waals surface area (Å²) < 4.78 is 26.4. The molecule has 1 aromatic rings. The normalized spacial score (nSPS) is 16.0. The van der Waals surface area contributed by atoms with Gasteiger partial charge in [-0.1, -0.05) is 18.6 Å². The highest BCUT2D eigenvalue weighted by molar-refractivity contribution is 7.89. The van der Waals surface area contributed by atoms with E-state index < -0.39 is 21.8 Å². The molecule has 1 heterocycles. The maximum absolute atomic E-state index is 12.2. The molecular formula is C15H20N2O4S. The Morgan fingerprint density at radius 1 is 1.18 bits per heavy atom. The topological polar surface area (TPSA) is 83.6 Å². The molecule has 1 N–H and O–H groups in total. The molecule has 120 valence electrons. The molecule has 22 heavy (non-hydrogen) atoms. The van der Waals surface area contributed by atoms with E-state index in [9.17, 15) is 18.0 Å². The minimum absolute atomic E-state index is 0.142. The van der Waals surface area contributed by atoms with Crippen molar-refractivity contribution in [3.8, 4) is 0 Å². The Hall–Kier alpha value is -1.73. The highest BCUT2D eigenvalue weighted by Gasteiger charge is 2.35. The van der Waals surface area contributed by atoms with Gasteiger partial charge in [-0.25, -0.2) is 13.1 Å².